The second kappa shape index (κ2) is 6.57. The van der Waals surface area contributed by atoms with Crippen LogP contribution >= 0.6 is 0 Å². The summed E-state index contributed by atoms with van der Waals surface area (Å²) >= 11 is 0. The van der Waals surface area contributed by atoms with Crippen LogP contribution in [-0.2, 0) is 22.6 Å². The largest absolute Gasteiger partial charge is 0.495 e. The van der Waals surface area contributed by atoms with Crippen LogP contribution in [0, 0.1) is 6.92 Å². The van der Waals surface area contributed by atoms with Gasteiger partial charge in [0.25, 0.3) is 5.91 Å². The average Bonchev–Trinajstić information content (AvgIpc) is 2.95. The first-order chi connectivity index (χ1) is 12.6. The molecule has 0 aromatic heterocycles. The number of ether oxygens (including phenoxy) is 1. The molecule has 134 valence electrons. The van der Waals surface area contributed by atoms with Gasteiger partial charge in [-0.15, -0.1) is 0 Å². The van der Waals surface area contributed by atoms with Crippen LogP contribution in [-0.4, -0.2) is 31.5 Å². The number of nitrogens with zero attached hydrogens (tertiary/aromatic N) is 1. The third kappa shape index (κ3) is 2.78. The lowest BCUT2D eigenvalue weighted by Gasteiger charge is -2.29. The molecular formula is C21H23N2O3+. The molecule has 2 heterocycles. The molecule has 0 aliphatic carbocycles. The van der Waals surface area contributed by atoms with E-state index < -0.39 is 0 Å². The van der Waals surface area contributed by atoms with Crippen molar-refractivity contribution in [2.75, 3.05) is 18.6 Å². The Labute approximate surface area is 153 Å². The minimum Gasteiger partial charge on any atom is -0.495 e. The number of rotatable bonds is 3. The number of nitrogens with one attached hydrogen (secondary N) is 1. The van der Waals surface area contributed by atoms with E-state index in [2.05, 4.69) is 18.2 Å². The molecule has 2 aliphatic rings. The predicted octanol–water partition coefficient (Wildman–Crippen LogP) is 1.28. The molecule has 0 radical (unpaired) electrons. The van der Waals surface area contributed by atoms with E-state index in [1.807, 2.05) is 31.2 Å². The Balaban J connectivity index is 1.62. The Morgan fingerprint density at radius 1 is 1.12 bits per heavy atom. The second-order valence-electron chi connectivity index (χ2n) is 7.10. The van der Waals surface area contributed by atoms with Crippen LogP contribution < -0.4 is 14.5 Å². The summed E-state index contributed by atoms with van der Waals surface area (Å²) in [7, 11) is 1.56. The predicted molar refractivity (Wildman–Crippen MR) is 98.3 cm³/mol. The zero-order chi connectivity index (χ0) is 18.3. The molecule has 1 N–H and O–H groups in total. The van der Waals surface area contributed by atoms with Crippen LogP contribution in [0.4, 0.5) is 5.69 Å². The maximum Gasteiger partial charge on any atom is 0.292 e. The van der Waals surface area contributed by atoms with Gasteiger partial charge in [0.05, 0.1) is 25.8 Å². The summed E-state index contributed by atoms with van der Waals surface area (Å²) in [4.78, 5) is 28.3. The fourth-order valence-corrected chi connectivity index (χ4v) is 4.08. The Hall–Kier alpha value is -2.66. The van der Waals surface area contributed by atoms with E-state index in [0.29, 0.717) is 11.4 Å². The maximum absolute atomic E-state index is 13.1. The van der Waals surface area contributed by atoms with Crippen LogP contribution in [0.5, 0.6) is 5.75 Å². The summed E-state index contributed by atoms with van der Waals surface area (Å²) in [5.41, 5.74) is 4.18. The number of imide groups is 1. The van der Waals surface area contributed by atoms with Crippen molar-refractivity contribution in [1.29, 1.82) is 0 Å². The van der Waals surface area contributed by atoms with Gasteiger partial charge in [-0.05, 0) is 30.2 Å². The molecule has 2 aromatic carbocycles. The number of amides is 2. The number of quaternary nitrogens is 1. The molecule has 0 bridgehead atoms. The summed E-state index contributed by atoms with van der Waals surface area (Å²) < 4.78 is 5.38. The molecule has 0 saturated carbocycles. The van der Waals surface area contributed by atoms with Gasteiger partial charge in [0.2, 0.25) is 5.91 Å². The molecule has 1 fully saturated rings. The maximum atomic E-state index is 13.1. The number of fused-ring (bicyclic) bond motifs is 1. The van der Waals surface area contributed by atoms with Crippen molar-refractivity contribution in [3.63, 3.8) is 0 Å². The molecule has 5 heteroatoms. The van der Waals surface area contributed by atoms with Crippen molar-refractivity contribution in [2.24, 2.45) is 0 Å². The first kappa shape index (κ1) is 16.8. The summed E-state index contributed by atoms with van der Waals surface area (Å²) in [6, 6.07) is 13.6. The summed E-state index contributed by atoms with van der Waals surface area (Å²) in [5.74, 6) is 0.292. The van der Waals surface area contributed by atoms with E-state index in [-0.39, 0.29) is 24.3 Å². The molecule has 2 atom stereocenters. The number of hydrogen-bond acceptors (Lipinski definition) is 3. The molecular weight excluding hydrogens is 328 g/mol. The van der Waals surface area contributed by atoms with Gasteiger partial charge in [0.1, 0.15) is 12.3 Å². The second-order valence-corrected chi connectivity index (χ2v) is 7.10. The number of anilines is 1. The molecule has 4 rings (SSSR count). The first-order valence-corrected chi connectivity index (χ1v) is 9.01. The quantitative estimate of drug-likeness (QED) is 0.848. The van der Waals surface area contributed by atoms with Crippen molar-refractivity contribution in [3.05, 3.63) is 59.2 Å². The molecule has 2 aromatic rings. The SMILES string of the molecule is COc1ccc(C)cc1N1C(=O)C[C@H]([NH+]2CCc3ccccc3C2)C1=O. The van der Waals surface area contributed by atoms with Gasteiger partial charge < -0.3 is 9.64 Å². The van der Waals surface area contributed by atoms with Crippen molar-refractivity contribution < 1.29 is 19.2 Å². The molecule has 5 nitrogen and oxygen atoms in total. The Morgan fingerprint density at radius 3 is 2.65 bits per heavy atom. The third-order valence-electron chi connectivity index (χ3n) is 5.47. The average molecular weight is 351 g/mol. The van der Waals surface area contributed by atoms with Gasteiger partial charge in [-0.2, -0.15) is 0 Å². The third-order valence-corrected chi connectivity index (χ3v) is 5.47. The first-order valence-electron chi connectivity index (χ1n) is 9.01. The monoisotopic (exact) mass is 351 g/mol. The van der Waals surface area contributed by atoms with E-state index >= 15 is 0 Å². The normalized spacial score (nSPS) is 22.5. The van der Waals surface area contributed by atoms with Crippen LogP contribution in [0.25, 0.3) is 0 Å². The van der Waals surface area contributed by atoms with Crippen LogP contribution in [0.2, 0.25) is 0 Å². The number of carbonyl (C=O) groups excluding carboxylic acids is 2. The fourth-order valence-electron chi connectivity index (χ4n) is 4.08. The summed E-state index contributed by atoms with van der Waals surface area (Å²) in [6.45, 7) is 3.61. The van der Waals surface area contributed by atoms with Crippen molar-refractivity contribution in [3.8, 4) is 5.75 Å². The van der Waals surface area contributed by atoms with Crippen molar-refractivity contribution in [1.82, 2.24) is 0 Å². The molecule has 26 heavy (non-hydrogen) atoms. The topological polar surface area (TPSA) is 51.0 Å². The Morgan fingerprint density at radius 2 is 1.88 bits per heavy atom. The number of aryl methyl sites for hydroxylation is 1. The van der Waals surface area contributed by atoms with E-state index in [0.717, 1.165) is 25.1 Å². The minimum absolute atomic E-state index is 0.117. The molecule has 1 saturated heterocycles. The van der Waals surface area contributed by atoms with Crippen LogP contribution in [0.3, 0.4) is 0 Å². The zero-order valence-corrected chi connectivity index (χ0v) is 15.1. The van der Waals surface area contributed by atoms with Crippen molar-refractivity contribution in [2.45, 2.75) is 32.4 Å². The standard InChI is InChI=1S/C21H22N2O3/c1-14-7-8-19(26-2)17(11-14)23-20(24)12-18(21(23)25)22-10-9-15-5-3-4-6-16(15)13-22/h3-8,11,18H,9-10,12-13H2,1-2H3/p+1/t18-/m0/s1. The van der Waals surface area contributed by atoms with E-state index in [9.17, 15) is 9.59 Å². The van der Waals surface area contributed by atoms with Gasteiger partial charge in [-0.3, -0.25) is 9.59 Å². The highest BCUT2D eigenvalue weighted by Crippen LogP contribution is 2.32. The van der Waals surface area contributed by atoms with Crippen molar-refractivity contribution >= 4 is 17.5 Å². The Bertz CT molecular complexity index is 877. The highest BCUT2D eigenvalue weighted by molar-refractivity contribution is 6.22. The number of hydrogen-bond donors (Lipinski definition) is 1. The summed E-state index contributed by atoms with van der Waals surface area (Å²) in [6.07, 6.45) is 1.20. The smallest absolute Gasteiger partial charge is 0.292 e. The Kier molecular flexibility index (Phi) is 4.24. The van der Waals surface area contributed by atoms with E-state index in [1.165, 1.54) is 20.9 Å². The summed E-state index contributed by atoms with van der Waals surface area (Å²) in [5, 5.41) is 0. The molecule has 0 spiro atoms. The molecule has 2 amide bonds. The lowest BCUT2D eigenvalue weighted by atomic mass is 9.98. The number of benzene rings is 2. The van der Waals surface area contributed by atoms with Gasteiger partial charge in [-0.1, -0.05) is 30.3 Å². The lowest BCUT2D eigenvalue weighted by Crippen LogP contribution is -3.16. The van der Waals surface area contributed by atoms with Gasteiger partial charge in [0, 0.05) is 12.0 Å². The minimum atomic E-state index is -0.318. The van der Waals surface area contributed by atoms with Crippen LogP contribution in [0.15, 0.2) is 42.5 Å². The van der Waals surface area contributed by atoms with Gasteiger partial charge in [-0.25, -0.2) is 4.90 Å². The van der Waals surface area contributed by atoms with E-state index in [4.69, 9.17) is 4.74 Å². The van der Waals surface area contributed by atoms with Gasteiger partial charge >= 0.3 is 0 Å². The fraction of sp³-hybridized carbons (Fsp3) is 0.333. The highest BCUT2D eigenvalue weighted by atomic mass is 16.5. The van der Waals surface area contributed by atoms with E-state index in [1.54, 1.807) is 7.11 Å². The number of carbonyl (C=O) groups is 2. The lowest BCUT2D eigenvalue weighted by molar-refractivity contribution is -0.930. The zero-order valence-electron chi connectivity index (χ0n) is 15.1. The highest BCUT2D eigenvalue weighted by Gasteiger charge is 2.47. The van der Waals surface area contributed by atoms with Gasteiger partial charge in [0.15, 0.2) is 6.04 Å². The van der Waals surface area contributed by atoms with Crippen LogP contribution in [0.1, 0.15) is 23.1 Å². The molecule has 1 unspecified atom stereocenters. The number of methoxy groups -OCH3 is 1. The molecule has 2 aliphatic heterocycles.